The average Bonchev–Trinajstić information content (AvgIpc) is 2.80. The van der Waals surface area contributed by atoms with E-state index in [0.29, 0.717) is 28.3 Å². The third kappa shape index (κ3) is 1.73. The summed E-state index contributed by atoms with van der Waals surface area (Å²) < 4.78 is 3.27. The van der Waals surface area contributed by atoms with E-state index in [1.165, 1.54) is 9.08 Å². The molecule has 0 fully saturated rings. The number of aromatic nitrogens is 5. The Bertz CT molecular complexity index is 906. The zero-order valence-electron chi connectivity index (χ0n) is 10.7. The second-order valence-electron chi connectivity index (χ2n) is 4.23. The number of nitrogens with one attached hydrogen (secondary N) is 1. The first-order chi connectivity index (χ1) is 9.63. The van der Waals surface area contributed by atoms with Gasteiger partial charge in [-0.2, -0.15) is 9.61 Å². The first-order valence-corrected chi connectivity index (χ1v) is 6.47. The van der Waals surface area contributed by atoms with Crippen molar-refractivity contribution in [3.05, 3.63) is 39.4 Å². The van der Waals surface area contributed by atoms with Crippen LogP contribution in [0.2, 0.25) is 0 Å². The summed E-state index contributed by atoms with van der Waals surface area (Å²) in [6.07, 6.45) is 0. The highest BCUT2D eigenvalue weighted by Crippen LogP contribution is 2.20. The highest BCUT2D eigenvalue weighted by Gasteiger charge is 2.15. The molecular weight excluding hydrogens is 276 g/mol. The predicted octanol–water partition coefficient (Wildman–Crippen LogP) is 1.22. The Morgan fingerprint density at radius 2 is 2.15 bits per heavy atom. The van der Waals surface area contributed by atoms with Gasteiger partial charge in [0.15, 0.2) is 5.69 Å². The number of hydrogen-bond donors (Lipinski definition) is 2. The standard InChI is InChI=1S/C12H12N6OS/c1-2-17-10(19)9(7-5-3-4-6-8(7)13)16-18-11(17)14-15-12(18)20/h3-6H,2,13H2,1H3,(H,15,20). The number of hydrogen-bond acceptors (Lipinski definition) is 5. The van der Waals surface area contributed by atoms with Crippen LogP contribution in [-0.4, -0.2) is 24.4 Å². The highest BCUT2D eigenvalue weighted by molar-refractivity contribution is 7.71. The number of nitrogen functional groups attached to an aromatic ring is 1. The van der Waals surface area contributed by atoms with E-state index in [-0.39, 0.29) is 11.3 Å². The van der Waals surface area contributed by atoms with Gasteiger partial charge in [0.25, 0.3) is 11.3 Å². The monoisotopic (exact) mass is 288 g/mol. The normalized spacial score (nSPS) is 11.1. The first kappa shape index (κ1) is 12.5. The number of H-pyrrole nitrogens is 1. The Kier molecular flexibility index (Phi) is 2.87. The quantitative estimate of drug-likeness (QED) is 0.546. The van der Waals surface area contributed by atoms with Crippen molar-refractivity contribution in [1.29, 1.82) is 0 Å². The molecule has 0 unspecified atom stereocenters. The molecule has 0 aliphatic rings. The molecule has 0 aliphatic heterocycles. The van der Waals surface area contributed by atoms with Crippen LogP contribution in [0.5, 0.6) is 0 Å². The predicted molar refractivity (Wildman–Crippen MR) is 78.0 cm³/mol. The number of benzene rings is 1. The molecule has 0 saturated carbocycles. The van der Waals surface area contributed by atoms with Crippen molar-refractivity contribution in [2.24, 2.45) is 0 Å². The maximum Gasteiger partial charge on any atom is 0.281 e. The Morgan fingerprint density at radius 1 is 1.40 bits per heavy atom. The number of aromatic amines is 1. The molecule has 2 aromatic heterocycles. The molecule has 3 aromatic rings. The molecular formula is C12H12N6OS. The molecule has 0 radical (unpaired) electrons. The largest absolute Gasteiger partial charge is 0.398 e. The minimum Gasteiger partial charge on any atom is -0.398 e. The topological polar surface area (TPSA) is 94.0 Å². The molecule has 0 saturated heterocycles. The molecule has 1 aromatic carbocycles. The summed E-state index contributed by atoms with van der Waals surface area (Å²) in [5, 5.41) is 10.9. The third-order valence-electron chi connectivity index (χ3n) is 3.05. The molecule has 7 nitrogen and oxygen atoms in total. The van der Waals surface area contributed by atoms with Crippen LogP contribution in [0.3, 0.4) is 0 Å². The molecule has 8 heteroatoms. The Balaban J connectivity index is 2.46. The van der Waals surface area contributed by atoms with Crippen molar-refractivity contribution in [3.63, 3.8) is 0 Å². The summed E-state index contributed by atoms with van der Waals surface area (Å²) in [5.74, 6) is 0.390. The second-order valence-corrected chi connectivity index (χ2v) is 4.61. The van der Waals surface area contributed by atoms with Gasteiger partial charge in [0.1, 0.15) is 0 Å². The molecule has 3 N–H and O–H groups in total. The van der Waals surface area contributed by atoms with E-state index < -0.39 is 0 Å². The lowest BCUT2D eigenvalue weighted by Gasteiger charge is -2.08. The zero-order chi connectivity index (χ0) is 14.3. The van der Waals surface area contributed by atoms with Gasteiger partial charge in [-0.15, -0.1) is 5.10 Å². The van der Waals surface area contributed by atoms with Crippen LogP contribution in [0.1, 0.15) is 6.92 Å². The average molecular weight is 288 g/mol. The van der Waals surface area contributed by atoms with E-state index in [1.54, 1.807) is 18.2 Å². The number of fused-ring (bicyclic) bond motifs is 1. The summed E-state index contributed by atoms with van der Waals surface area (Å²) in [4.78, 5) is 12.5. The van der Waals surface area contributed by atoms with E-state index >= 15 is 0 Å². The van der Waals surface area contributed by atoms with Gasteiger partial charge in [0.2, 0.25) is 4.77 Å². The molecule has 20 heavy (non-hydrogen) atoms. The van der Waals surface area contributed by atoms with Gasteiger partial charge in [-0.05, 0) is 25.2 Å². The summed E-state index contributed by atoms with van der Waals surface area (Å²) >= 11 is 5.12. The van der Waals surface area contributed by atoms with Crippen LogP contribution in [0.15, 0.2) is 29.1 Å². The van der Waals surface area contributed by atoms with E-state index in [2.05, 4.69) is 15.3 Å². The molecule has 0 amide bonds. The highest BCUT2D eigenvalue weighted by atomic mass is 32.1. The maximum absolute atomic E-state index is 12.5. The number of nitrogens with zero attached hydrogens (tertiary/aromatic N) is 4. The third-order valence-corrected chi connectivity index (χ3v) is 3.32. The number of rotatable bonds is 2. The fraction of sp³-hybridized carbons (Fsp3) is 0.167. The SMILES string of the molecule is CCn1c(=O)c(-c2ccccc2N)nn2c(=S)[nH]nc12. The summed E-state index contributed by atoms with van der Waals surface area (Å²) in [6, 6.07) is 7.10. The molecule has 0 spiro atoms. The van der Waals surface area contributed by atoms with Crippen LogP contribution < -0.4 is 11.3 Å². The van der Waals surface area contributed by atoms with Gasteiger partial charge in [-0.1, -0.05) is 18.2 Å². The lowest BCUT2D eigenvalue weighted by molar-refractivity contribution is 0.697. The zero-order valence-corrected chi connectivity index (χ0v) is 11.5. The summed E-state index contributed by atoms with van der Waals surface area (Å²) in [7, 11) is 0. The van der Waals surface area contributed by atoms with Gasteiger partial charge in [0, 0.05) is 17.8 Å². The molecule has 0 atom stereocenters. The minimum absolute atomic E-state index is 0.244. The molecule has 3 rings (SSSR count). The molecule has 102 valence electrons. The number of nitrogens with two attached hydrogens (primary N) is 1. The lowest BCUT2D eigenvalue weighted by atomic mass is 10.1. The molecule has 0 aliphatic carbocycles. The van der Waals surface area contributed by atoms with Crippen LogP contribution in [0, 0.1) is 4.77 Å². The van der Waals surface area contributed by atoms with Gasteiger partial charge in [-0.3, -0.25) is 9.36 Å². The van der Waals surface area contributed by atoms with E-state index in [9.17, 15) is 4.79 Å². The van der Waals surface area contributed by atoms with Crippen molar-refractivity contribution in [1.82, 2.24) is 24.4 Å². The van der Waals surface area contributed by atoms with E-state index in [0.717, 1.165) is 0 Å². The van der Waals surface area contributed by atoms with Gasteiger partial charge >= 0.3 is 0 Å². The van der Waals surface area contributed by atoms with E-state index in [1.807, 2.05) is 13.0 Å². The smallest absolute Gasteiger partial charge is 0.281 e. The Labute approximate surface area is 118 Å². The first-order valence-electron chi connectivity index (χ1n) is 6.06. The Hall–Kier alpha value is -2.48. The van der Waals surface area contributed by atoms with Crippen molar-refractivity contribution in [3.8, 4) is 11.3 Å². The fourth-order valence-electron chi connectivity index (χ4n) is 2.08. The fourth-order valence-corrected chi connectivity index (χ4v) is 2.24. The van der Waals surface area contributed by atoms with Crippen molar-refractivity contribution in [2.45, 2.75) is 13.5 Å². The van der Waals surface area contributed by atoms with Crippen molar-refractivity contribution < 1.29 is 0 Å². The van der Waals surface area contributed by atoms with Crippen molar-refractivity contribution in [2.75, 3.05) is 5.73 Å². The van der Waals surface area contributed by atoms with Crippen LogP contribution >= 0.6 is 12.2 Å². The van der Waals surface area contributed by atoms with Gasteiger partial charge in [-0.25, -0.2) is 5.10 Å². The maximum atomic E-state index is 12.5. The van der Waals surface area contributed by atoms with Gasteiger partial charge < -0.3 is 5.73 Å². The number of para-hydroxylation sites is 1. The number of aryl methyl sites for hydroxylation is 1. The van der Waals surface area contributed by atoms with E-state index in [4.69, 9.17) is 18.0 Å². The second kappa shape index (κ2) is 4.57. The molecule has 0 bridgehead atoms. The van der Waals surface area contributed by atoms with Crippen LogP contribution in [0.4, 0.5) is 5.69 Å². The van der Waals surface area contributed by atoms with Crippen molar-refractivity contribution >= 4 is 23.7 Å². The minimum atomic E-state index is -0.244. The summed E-state index contributed by atoms with van der Waals surface area (Å²) in [6.45, 7) is 2.32. The molecule has 2 heterocycles. The Morgan fingerprint density at radius 3 is 2.85 bits per heavy atom. The van der Waals surface area contributed by atoms with Gasteiger partial charge in [0.05, 0.1) is 0 Å². The lowest BCUT2D eigenvalue weighted by Crippen LogP contribution is -2.26. The number of anilines is 1. The van der Waals surface area contributed by atoms with Crippen LogP contribution in [0.25, 0.3) is 17.0 Å². The van der Waals surface area contributed by atoms with Crippen LogP contribution in [-0.2, 0) is 6.54 Å². The summed E-state index contributed by atoms with van der Waals surface area (Å²) in [5.41, 5.74) is 7.02.